The Morgan fingerprint density at radius 1 is 0.920 bits per heavy atom. The van der Waals surface area contributed by atoms with Gasteiger partial charge in [0.2, 0.25) is 0 Å². The summed E-state index contributed by atoms with van der Waals surface area (Å²) in [5.74, 6) is 0.442. The summed E-state index contributed by atoms with van der Waals surface area (Å²) >= 11 is 0. The second kappa shape index (κ2) is 7.87. The third-order valence-electron chi connectivity index (χ3n) is 3.29. The van der Waals surface area contributed by atoms with Gasteiger partial charge in [-0.05, 0) is 24.3 Å². The van der Waals surface area contributed by atoms with Crippen molar-refractivity contribution in [2.24, 2.45) is 10.7 Å². The van der Waals surface area contributed by atoms with Crippen LogP contribution in [0.2, 0.25) is 0 Å². The lowest BCUT2D eigenvalue weighted by atomic mass is 10.2. The van der Waals surface area contributed by atoms with E-state index in [0.29, 0.717) is 28.6 Å². The van der Waals surface area contributed by atoms with Gasteiger partial charge in [-0.1, -0.05) is 18.2 Å². The van der Waals surface area contributed by atoms with Crippen LogP contribution in [-0.2, 0) is 6.54 Å². The Balaban J connectivity index is 1.96. The van der Waals surface area contributed by atoms with E-state index in [1.807, 2.05) is 0 Å². The number of hydrogen-bond acceptors (Lipinski definition) is 6. The van der Waals surface area contributed by atoms with Gasteiger partial charge < -0.3 is 5.73 Å². The minimum atomic E-state index is -0.317. The molecule has 25 heavy (non-hydrogen) atoms. The molecule has 1 aromatic carbocycles. The summed E-state index contributed by atoms with van der Waals surface area (Å²) in [6.45, 7) is 0.139. The van der Waals surface area contributed by atoms with E-state index < -0.39 is 0 Å². The van der Waals surface area contributed by atoms with Gasteiger partial charge in [-0.25, -0.2) is 24.3 Å². The number of aliphatic imine (C=N–C) groups is 1. The van der Waals surface area contributed by atoms with Crippen LogP contribution < -0.4 is 5.73 Å². The summed E-state index contributed by atoms with van der Waals surface area (Å²) in [7, 11) is 0. The highest BCUT2D eigenvalue weighted by Crippen LogP contribution is 2.10. The second-order valence-electron chi connectivity index (χ2n) is 5.04. The van der Waals surface area contributed by atoms with E-state index in [-0.39, 0.29) is 12.4 Å². The van der Waals surface area contributed by atoms with Gasteiger partial charge in [0.05, 0.1) is 12.2 Å². The van der Waals surface area contributed by atoms with Crippen LogP contribution in [-0.4, -0.2) is 25.6 Å². The normalized spacial score (nSPS) is 12.2. The minimum absolute atomic E-state index is 0.139. The predicted octanol–water partition coefficient (Wildman–Crippen LogP) is 2.39. The molecular weight excluding hydrogens is 319 g/mol. The lowest BCUT2D eigenvalue weighted by Crippen LogP contribution is -2.09. The minimum Gasteiger partial charge on any atom is -0.396 e. The van der Waals surface area contributed by atoms with Crippen molar-refractivity contribution in [3.63, 3.8) is 0 Å². The number of nitrogens with zero attached hydrogens (tertiary/aromatic N) is 5. The highest BCUT2D eigenvalue weighted by atomic mass is 19.1. The number of hydrogen-bond donors (Lipinski definition) is 1. The largest absolute Gasteiger partial charge is 0.396 e. The first-order valence-corrected chi connectivity index (χ1v) is 7.54. The summed E-state index contributed by atoms with van der Waals surface area (Å²) in [4.78, 5) is 21.0. The quantitative estimate of drug-likeness (QED) is 0.724. The second-order valence-corrected chi connectivity index (χ2v) is 5.04. The molecule has 0 amide bonds. The number of nitrogens with two attached hydrogens (primary N) is 1. The number of rotatable bonds is 5. The molecule has 0 fully saturated rings. The van der Waals surface area contributed by atoms with Gasteiger partial charge in [0.1, 0.15) is 11.5 Å². The summed E-state index contributed by atoms with van der Waals surface area (Å²) in [5, 5.41) is 0. The molecule has 0 aliphatic rings. The van der Waals surface area contributed by atoms with Crippen molar-refractivity contribution in [1.29, 1.82) is 0 Å². The molecule has 0 atom stereocenters. The molecule has 124 valence electrons. The van der Waals surface area contributed by atoms with E-state index in [1.165, 1.54) is 6.07 Å². The van der Waals surface area contributed by atoms with E-state index >= 15 is 0 Å². The van der Waals surface area contributed by atoms with Crippen LogP contribution in [0.5, 0.6) is 0 Å². The fourth-order valence-corrected chi connectivity index (χ4v) is 2.07. The number of allylic oxidation sites excluding steroid dienone is 1. The molecule has 0 spiro atoms. The fourth-order valence-electron chi connectivity index (χ4n) is 2.07. The molecule has 2 N–H and O–H groups in total. The summed E-state index contributed by atoms with van der Waals surface area (Å²) < 4.78 is 13.8. The molecule has 0 unspecified atom stereocenters. The Bertz CT molecular complexity index is 894. The molecule has 0 aliphatic heterocycles. The lowest BCUT2D eigenvalue weighted by molar-refractivity contribution is 0.611. The molecular formula is C18H15FN6. The van der Waals surface area contributed by atoms with Crippen LogP contribution in [0.3, 0.4) is 0 Å². The molecule has 0 bridgehead atoms. The predicted molar refractivity (Wildman–Crippen MR) is 92.9 cm³/mol. The summed E-state index contributed by atoms with van der Waals surface area (Å²) in [6, 6.07) is 9.86. The zero-order valence-electron chi connectivity index (χ0n) is 13.2. The van der Waals surface area contributed by atoms with Crippen LogP contribution in [0.1, 0.15) is 17.2 Å². The van der Waals surface area contributed by atoms with E-state index in [1.54, 1.807) is 61.2 Å². The van der Waals surface area contributed by atoms with Gasteiger partial charge in [0, 0.05) is 30.4 Å². The first-order chi connectivity index (χ1) is 12.2. The van der Waals surface area contributed by atoms with Gasteiger partial charge in [-0.3, -0.25) is 4.99 Å². The molecule has 6 nitrogen and oxygen atoms in total. The molecule has 0 saturated carbocycles. The molecule has 3 aromatic rings. The molecule has 3 rings (SSSR count). The van der Waals surface area contributed by atoms with Crippen LogP contribution in [0.15, 0.2) is 72.3 Å². The van der Waals surface area contributed by atoms with Crippen molar-refractivity contribution in [2.45, 2.75) is 6.54 Å². The van der Waals surface area contributed by atoms with E-state index in [9.17, 15) is 4.39 Å². The highest BCUT2D eigenvalue weighted by Gasteiger charge is 2.08. The van der Waals surface area contributed by atoms with Crippen LogP contribution >= 0.6 is 0 Å². The number of halogens is 1. The monoisotopic (exact) mass is 334 g/mol. The Morgan fingerprint density at radius 3 is 2.16 bits per heavy atom. The fraction of sp³-hybridized carbons (Fsp3) is 0.0556. The summed E-state index contributed by atoms with van der Waals surface area (Å²) in [5.41, 5.74) is 7.27. The van der Waals surface area contributed by atoms with Crippen molar-refractivity contribution in [3.05, 3.63) is 90.3 Å². The summed E-state index contributed by atoms with van der Waals surface area (Å²) in [6.07, 6.45) is 7.98. The van der Waals surface area contributed by atoms with E-state index in [0.717, 1.165) is 0 Å². The lowest BCUT2D eigenvalue weighted by Gasteiger charge is -2.04. The Morgan fingerprint density at radius 2 is 1.52 bits per heavy atom. The van der Waals surface area contributed by atoms with E-state index in [2.05, 4.69) is 24.9 Å². The average molecular weight is 334 g/mol. The molecule has 0 aliphatic carbocycles. The molecule has 2 heterocycles. The van der Waals surface area contributed by atoms with Crippen LogP contribution in [0.4, 0.5) is 4.39 Å². The zero-order valence-corrected chi connectivity index (χ0v) is 13.2. The van der Waals surface area contributed by atoms with Crippen LogP contribution in [0.25, 0.3) is 5.70 Å². The third-order valence-corrected chi connectivity index (χ3v) is 3.29. The van der Waals surface area contributed by atoms with Gasteiger partial charge in [0.15, 0.2) is 11.6 Å². The first kappa shape index (κ1) is 16.4. The van der Waals surface area contributed by atoms with Crippen molar-refractivity contribution in [2.75, 3.05) is 0 Å². The molecule has 0 saturated heterocycles. The maximum absolute atomic E-state index is 13.8. The Kier molecular flexibility index (Phi) is 5.16. The SMILES string of the molecule is NC(=CC(=NCc1ccccc1F)c1ncccn1)c1ncccn1. The number of benzene rings is 1. The Hall–Kier alpha value is -3.48. The standard InChI is InChI=1S/C18H15FN6/c19-14-6-2-1-5-13(14)12-25-16(18-23-9-4-10-24-18)11-15(20)17-21-7-3-8-22-17/h1-11H,12,20H2. The molecule has 0 radical (unpaired) electrons. The maximum atomic E-state index is 13.8. The van der Waals surface area contributed by atoms with Crippen LogP contribution in [0, 0.1) is 5.82 Å². The average Bonchev–Trinajstić information content (AvgIpc) is 2.67. The topological polar surface area (TPSA) is 89.9 Å². The highest BCUT2D eigenvalue weighted by molar-refractivity contribution is 6.09. The van der Waals surface area contributed by atoms with Crippen molar-refractivity contribution < 1.29 is 4.39 Å². The van der Waals surface area contributed by atoms with Gasteiger partial charge >= 0.3 is 0 Å². The smallest absolute Gasteiger partial charge is 0.177 e. The first-order valence-electron chi connectivity index (χ1n) is 7.54. The zero-order chi connectivity index (χ0) is 17.5. The Labute approximate surface area is 144 Å². The van der Waals surface area contributed by atoms with Gasteiger partial charge in [-0.15, -0.1) is 0 Å². The maximum Gasteiger partial charge on any atom is 0.177 e. The van der Waals surface area contributed by atoms with E-state index in [4.69, 9.17) is 5.73 Å². The molecule has 7 heteroatoms. The molecule has 2 aromatic heterocycles. The van der Waals surface area contributed by atoms with Gasteiger partial charge in [-0.2, -0.15) is 0 Å². The van der Waals surface area contributed by atoms with Crippen molar-refractivity contribution in [3.8, 4) is 0 Å². The van der Waals surface area contributed by atoms with Gasteiger partial charge in [0.25, 0.3) is 0 Å². The van der Waals surface area contributed by atoms with Crippen molar-refractivity contribution >= 4 is 11.4 Å². The third kappa shape index (κ3) is 4.29. The van der Waals surface area contributed by atoms with Crippen molar-refractivity contribution in [1.82, 2.24) is 19.9 Å². The number of aromatic nitrogens is 4.